The Balaban J connectivity index is 2.58. The fourth-order valence-corrected chi connectivity index (χ4v) is 2.63. The van der Waals surface area contributed by atoms with E-state index < -0.39 is 0 Å². The minimum atomic E-state index is -0.185. The Hall–Kier alpha value is -0.440. The highest BCUT2D eigenvalue weighted by Gasteiger charge is 2.17. The van der Waals surface area contributed by atoms with Crippen LogP contribution >= 0.6 is 34.8 Å². The van der Waals surface area contributed by atoms with Crippen molar-refractivity contribution < 1.29 is 4.79 Å². The van der Waals surface area contributed by atoms with Gasteiger partial charge in [0.25, 0.3) is 5.91 Å². The van der Waals surface area contributed by atoms with Gasteiger partial charge in [-0.15, -0.1) is 11.6 Å². The predicted molar refractivity (Wildman–Crippen MR) is 82.5 cm³/mol. The minimum Gasteiger partial charge on any atom is -0.351 e. The molecule has 0 fully saturated rings. The molecule has 0 spiro atoms. The summed E-state index contributed by atoms with van der Waals surface area (Å²) in [6.45, 7) is 4.65. The lowest BCUT2D eigenvalue weighted by Crippen LogP contribution is -2.33. The van der Waals surface area contributed by atoms with Gasteiger partial charge in [0.2, 0.25) is 0 Å². The molecule has 2 nitrogen and oxygen atoms in total. The molecule has 0 aromatic heterocycles. The van der Waals surface area contributed by atoms with Crippen LogP contribution in [0.5, 0.6) is 0 Å². The maximum Gasteiger partial charge on any atom is 0.251 e. The van der Waals surface area contributed by atoms with E-state index in [1.807, 2.05) is 0 Å². The minimum absolute atomic E-state index is 0.0540. The maximum absolute atomic E-state index is 11.9. The van der Waals surface area contributed by atoms with Crippen LogP contribution in [0.25, 0.3) is 0 Å². The van der Waals surface area contributed by atoms with Crippen LogP contribution in [0.4, 0.5) is 0 Å². The third kappa shape index (κ3) is 4.87. The molecule has 1 unspecified atom stereocenters. The van der Waals surface area contributed by atoms with E-state index in [0.717, 1.165) is 12.8 Å². The molecule has 0 bridgehead atoms. The van der Waals surface area contributed by atoms with Crippen molar-refractivity contribution in [2.45, 2.75) is 32.1 Å². The predicted octanol–water partition coefficient (Wildman–Crippen LogP) is 4.77. The average Bonchev–Trinajstić information content (AvgIpc) is 2.40. The third-order valence-corrected chi connectivity index (χ3v) is 4.45. The van der Waals surface area contributed by atoms with Gasteiger partial charge in [-0.05, 0) is 24.1 Å². The number of amides is 1. The topological polar surface area (TPSA) is 29.1 Å². The van der Waals surface area contributed by atoms with E-state index in [2.05, 4.69) is 19.2 Å². The Kier molecular flexibility index (Phi) is 6.98. The second-order valence-corrected chi connectivity index (χ2v) is 5.81. The van der Waals surface area contributed by atoms with Gasteiger partial charge in [0.15, 0.2) is 0 Å². The monoisotopic (exact) mass is 321 g/mol. The number of alkyl halides is 1. The molecule has 5 heteroatoms. The molecule has 1 amide bonds. The highest BCUT2D eigenvalue weighted by Crippen LogP contribution is 2.22. The van der Waals surface area contributed by atoms with Gasteiger partial charge in [-0.2, -0.15) is 0 Å². The molecule has 0 aliphatic rings. The van der Waals surface area contributed by atoms with Crippen LogP contribution in [-0.2, 0) is 0 Å². The summed E-state index contributed by atoms with van der Waals surface area (Å²) < 4.78 is 0. The maximum atomic E-state index is 11.9. The van der Waals surface area contributed by atoms with Crippen LogP contribution in [0, 0.1) is 5.92 Å². The number of hydrogen-bond donors (Lipinski definition) is 1. The molecule has 0 heterocycles. The van der Waals surface area contributed by atoms with E-state index in [-0.39, 0.29) is 11.3 Å². The second kappa shape index (κ2) is 7.98. The molecule has 1 aromatic rings. The van der Waals surface area contributed by atoms with Crippen molar-refractivity contribution in [1.82, 2.24) is 5.32 Å². The van der Waals surface area contributed by atoms with Crippen LogP contribution in [-0.4, -0.2) is 17.8 Å². The summed E-state index contributed by atoms with van der Waals surface area (Å²) in [5.41, 5.74) is 0.489. The molecular formula is C14H18Cl3NO. The van der Waals surface area contributed by atoms with E-state index in [9.17, 15) is 4.79 Å². The molecule has 1 atom stereocenters. The lowest BCUT2D eigenvalue weighted by atomic mass is 9.99. The largest absolute Gasteiger partial charge is 0.351 e. The van der Waals surface area contributed by atoms with Gasteiger partial charge >= 0.3 is 0 Å². The Morgan fingerprint density at radius 1 is 1.21 bits per heavy atom. The summed E-state index contributed by atoms with van der Waals surface area (Å²) >= 11 is 18.0. The summed E-state index contributed by atoms with van der Waals surface area (Å²) in [5.74, 6) is 0.228. The fraction of sp³-hybridized carbons (Fsp3) is 0.500. The van der Waals surface area contributed by atoms with E-state index in [1.165, 1.54) is 0 Å². The first-order valence-electron chi connectivity index (χ1n) is 6.36. The number of carbonyl (C=O) groups is 1. The summed E-state index contributed by atoms with van der Waals surface area (Å²) in [5, 5.41) is 3.58. The summed E-state index contributed by atoms with van der Waals surface area (Å²) in [6, 6.07) is 4.81. The zero-order chi connectivity index (χ0) is 14.4. The first-order chi connectivity index (χ1) is 8.99. The molecule has 1 N–H and O–H groups in total. The van der Waals surface area contributed by atoms with E-state index in [0.29, 0.717) is 28.1 Å². The van der Waals surface area contributed by atoms with Gasteiger partial charge in [0, 0.05) is 12.1 Å². The zero-order valence-electron chi connectivity index (χ0n) is 11.1. The number of nitrogens with one attached hydrogen (secondary N) is 1. The quantitative estimate of drug-likeness (QED) is 0.751. The van der Waals surface area contributed by atoms with E-state index in [1.54, 1.807) is 18.2 Å². The van der Waals surface area contributed by atoms with Crippen LogP contribution in [0.1, 0.15) is 37.0 Å². The van der Waals surface area contributed by atoms with Gasteiger partial charge < -0.3 is 5.32 Å². The summed E-state index contributed by atoms with van der Waals surface area (Å²) in [4.78, 5) is 11.9. The second-order valence-electron chi connectivity index (χ2n) is 4.43. The molecule has 0 saturated carbocycles. The van der Waals surface area contributed by atoms with Gasteiger partial charge in [-0.1, -0.05) is 49.9 Å². The molecular weight excluding hydrogens is 305 g/mol. The number of halogens is 3. The van der Waals surface area contributed by atoms with Crippen molar-refractivity contribution in [2.75, 3.05) is 6.54 Å². The number of rotatable bonds is 6. The molecule has 106 valence electrons. The van der Waals surface area contributed by atoms with Crippen LogP contribution < -0.4 is 5.32 Å². The van der Waals surface area contributed by atoms with Crippen LogP contribution in [0.3, 0.4) is 0 Å². The van der Waals surface area contributed by atoms with Gasteiger partial charge in [-0.3, -0.25) is 4.79 Å². The zero-order valence-corrected chi connectivity index (χ0v) is 13.3. The standard InChI is InChI=1S/C14H18Cl3NO/c1-3-9(4-2)13(17)8-18-14(19)10-5-6-11(15)12(16)7-10/h5-7,9,13H,3-4,8H2,1-2H3,(H,18,19). The van der Waals surface area contributed by atoms with E-state index >= 15 is 0 Å². The first kappa shape index (κ1) is 16.6. The number of hydrogen-bond acceptors (Lipinski definition) is 1. The van der Waals surface area contributed by atoms with Gasteiger partial charge in [0.1, 0.15) is 0 Å². The molecule has 1 rings (SSSR count). The summed E-state index contributed by atoms with van der Waals surface area (Å²) in [7, 11) is 0. The molecule has 0 aliphatic carbocycles. The Morgan fingerprint density at radius 3 is 2.37 bits per heavy atom. The van der Waals surface area contributed by atoms with Crippen molar-refractivity contribution in [3.05, 3.63) is 33.8 Å². The smallest absolute Gasteiger partial charge is 0.251 e. The van der Waals surface area contributed by atoms with E-state index in [4.69, 9.17) is 34.8 Å². The third-order valence-electron chi connectivity index (χ3n) is 3.20. The molecule has 0 radical (unpaired) electrons. The Labute approximate surface area is 129 Å². The van der Waals surface area contributed by atoms with Gasteiger partial charge in [-0.25, -0.2) is 0 Å². The molecule has 1 aromatic carbocycles. The van der Waals surface area contributed by atoms with Crippen molar-refractivity contribution in [1.29, 1.82) is 0 Å². The van der Waals surface area contributed by atoms with Crippen LogP contribution in [0.2, 0.25) is 10.0 Å². The highest BCUT2D eigenvalue weighted by molar-refractivity contribution is 6.42. The van der Waals surface area contributed by atoms with Gasteiger partial charge in [0.05, 0.1) is 15.4 Å². The van der Waals surface area contributed by atoms with Crippen molar-refractivity contribution >= 4 is 40.7 Å². The first-order valence-corrected chi connectivity index (χ1v) is 7.56. The lowest BCUT2D eigenvalue weighted by Gasteiger charge is -2.19. The van der Waals surface area contributed by atoms with Crippen molar-refractivity contribution in [3.8, 4) is 0 Å². The SMILES string of the molecule is CCC(CC)C(Cl)CNC(=O)c1ccc(Cl)c(Cl)c1. The lowest BCUT2D eigenvalue weighted by molar-refractivity contribution is 0.0951. The van der Waals surface area contributed by atoms with Crippen molar-refractivity contribution in [3.63, 3.8) is 0 Å². The fourth-order valence-electron chi connectivity index (χ4n) is 1.90. The van der Waals surface area contributed by atoms with Crippen LogP contribution in [0.15, 0.2) is 18.2 Å². The normalized spacial score (nSPS) is 12.5. The van der Waals surface area contributed by atoms with Crippen molar-refractivity contribution in [2.24, 2.45) is 5.92 Å². The average molecular weight is 323 g/mol. The summed E-state index contributed by atoms with van der Waals surface area (Å²) in [6.07, 6.45) is 2.01. The molecule has 0 aliphatic heterocycles. The molecule has 0 saturated heterocycles. The molecule has 19 heavy (non-hydrogen) atoms. The Morgan fingerprint density at radius 2 is 1.84 bits per heavy atom. The number of carbonyl (C=O) groups excluding carboxylic acids is 1. The number of benzene rings is 1. The highest BCUT2D eigenvalue weighted by atomic mass is 35.5. The Bertz CT molecular complexity index is 433.